The maximum absolute atomic E-state index is 10.8. The van der Waals surface area contributed by atoms with Crippen molar-refractivity contribution in [3.63, 3.8) is 0 Å². The number of carboxylic acid groups (broad SMARTS) is 1. The molecule has 0 fully saturated rings. The van der Waals surface area contributed by atoms with Crippen molar-refractivity contribution in [2.75, 3.05) is 13.2 Å². The Morgan fingerprint density at radius 3 is 2.30 bits per heavy atom. The van der Waals surface area contributed by atoms with Crippen LogP contribution in [-0.4, -0.2) is 30.3 Å². The zero-order valence-corrected chi connectivity index (χ0v) is 13.3. The van der Waals surface area contributed by atoms with Crippen LogP contribution in [0, 0.1) is 0 Å². The number of ether oxygens (including phenoxy) is 2. The van der Waals surface area contributed by atoms with Gasteiger partial charge in [0.1, 0.15) is 5.75 Å². The largest absolute Gasteiger partial charge is 0.494 e. The summed E-state index contributed by atoms with van der Waals surface area (Å²) in [5.41, 5.74) is 0.994. The first-order valence-corrected chi connectivity index (χ1v) is 7.84. The highest BCUT2D eigenvalue weighted by Crippen LogP contribution is 2.14. The smallest absolute Gasteiger partial charge is 0.330 e. The monoisotopic (exact) mass is 320 g/mol. The Morgan fingerprint density at radius 1 is 1.04 bits per heavy atom. The lowest BCUT2D eigenvalue weighted by Crippen LogP contribution is -2.02. The molecule has 23 heavy (non-hydrogen) atoms. The summed E-state index contributed by atoms with van der Waals surface area (Å²) >= 11 is 0. The predicted molar refractivity (Wildman–Crippen MR) is 87.5 cm³/mol. The molecule has 0 heterocycles. The normalized spacial score (nSPS) is 10.1. The van der Waals surface area contributed by atoms with E-state index in [1.54, 1.807) is 0 Å². The van der Waals surface area contributed by atoms with E-state index in [9.17, 15) is 9.59 Å². The van der Waals surface area contributed by atoms with Crippen LogP contribution in [0.4, 0.5) is 0 Å². The molecule has 0 aliphatic heterocycles. The van der Waals surface area contributed by atoms with Crippen molar-refractivity contribution in [1.29, 1.82) is 0 Å². The molecule has 5 heteroatoms. The first-order valence-electron chi connectivity index (χ1n) is 7.84. The van der Waals surface area contributed by atoms with E-state index >= 15 is 0 Å². The number of hydrogen-bond acceptors (Lipinski definition) is 4. The minimum absolute atomic E-state index is 0.141. The highest BCUT2D eigenvalue weighted by molar-refractivity contribution is 5.81. The number of hydrogen-bond donors (Lipinski definition) is 1. The number of carboxylic acids is 1. The van der Waals surface area contributed by atoms with Gasteiger partial charge in [0.2, 0.25) is 0 Å². The lowest BCUT2D eigenvalue weighted by molar-refractivity contribution is -0.138. The van der Waals surface area contributed by atoms with E-state index in [1.807, 2.05) is 24.3 Å². The van der Waals surface area contributed by atoms with Crippen LogP contribution in [0.5, 0.6) is 5.75 Å². The quantitative estimate of drug-likeness (QED) is 0.363. The molecule has 0 bridgehead atoms. The van der Waals surface area contributed by atoms with E-state index in [0.717, 1.165) is 37.0 Å². The lowest BCUT2D eigenvalue weighted by Gasteiger charge is -2.07. The number of esters is 1. The fourth-order valence-corrected chi connectivity index (χ4v) is 1.98. The fourth-order valence-electron chi connectivity index (χ4n) is 1.98. The molecule has 126 valence electrons. The zero-order valence-electron chi connectivity index (χ0n) is 13.3. The Morgan fingerprint density at radius 2 is 1.70 bits per heavy atom. The molecule has 0 spiro atoms. The number of carbonyl (C=O) groups excluding carboxylic acids is 1. The maximum Gasteiger partial charge on any atom is 0.330 e. The highest BCUT2D eigenvalue weighted by atomic mass is 16.5. The van der Waals surface area contributed by atoms with Crippen LogP contribution in [0.1, 0.15) is 37.7 Å². The molecule has 0 saturated carbocycles. The van der Waals surface area contributed by atoms with Gasteiger partial charge in [0, 0.05) is 12.5 Å². The first-order chi connectivity index (χ1) is 11.1. The van der Waals surface area contributed by atoms with Gasteiger partial charge in [-0.2, -0.15) is 0 Å². The molecule has 1 aromatic carbocycles. The number of carbonyl (C=O) groups is 2. The van der Waals surface area contributed by atoms with Crippen LogP contribution >= 0.6 is 0 Å². The Kier molecular flexibility index (Phi) is 9.20. The molecular weight excluding hydrogens is 296 g/mol. The summed E-state index contributed by atoms with van der Waals surface area (Å²) in [6.45, 7) is 4.41. The second-order valence-corrected chi connectivity index (χ2v) is 5.17. The van der Waals surface area contributed by atoms with E-state index in [1.165, 1.54) is 6.08 Å². The highest BCUT2D eigenvalue weighted by Gasteiger charge is 2.00. The molecule has 0 saturated heterocycles. The van der Waals surface area contributed by atoms with Crippen LogP contribution in [0.25, 0.3) is 0 Å². The van der Waals surface area contributed by atoms with Gasteiger partial charge >= 0.3 is 11.9 Å². The van der Waals surface area contributed by atoms with Crippen molar-refractivity contribution in [2.45, 2.75) is 38.5 Å². The van der Waals surface area contributed by atoms with Gasteiger partial charge in [-0.3, -0.25) is 4.79 Å². The molecule has 0 atom stereocenters. The van der Waals surface area contributed by atoms with Crippen molar-refractivity contribution in [3.05, 3.63) is 42.5 Å². The van der Waals surface area contributed by atoms with Crippen LogP contribution < -0.4 is 4.74 Å². The standard InChI is InChI=1S/C18H24O5/c1-2-18(21)23-14-6-4-3-5-13-22-16-10-7-15(8-11-16)9-12-17(19)20/h2,7-8,10-11H,1,3-6,9,12-14H2,(H,19,20). The molecule has 0 aliphatic rings. The average Bonchev–Trinajstić information content (AvgIpc) is 2.56. The Hall–Kier alpha value is -2.30. The summed E-state index contributed by atoms with van der Waals surface area (Å²) in [7, 11) is 0. The average molecular weight is 320 g/mol. The van der Waals surface area contributed by atoms with Gasteiger partial charge in [0.15, 0.2) is 0 Å². The summed E-state index contributed by atoms with van der Waals surface area (Å²) in [5.74, 6) is -0.367. The van der Waals surface area contributed by atoms with Crippen molar-refractivity contribution >= 4 is 11.9 Å². The van der Waals surface area contributed by atoms with Gasteiger partial charge in [0.05, 0.1) is 13.2 Å². The third-order valence-electron chi connectivity index (χ3n) is 3.27. The van der Waals surface area contributed by atoms with E-state index in [0.29, 0.717) is 19.6 Å². The second kappa shape index (κ2) is 11.3. The maximum atomic E-state index is 10.8. The molecule has 1 aromatic rings. The Bertz CT molecular complexity index is 493. The van der Waals surface area contributed by atoms with Gasteiger partial charge in [-0.05, 0) is 49.8 Å². The number of rotatable bonds is 12. The molecule has 1 N–H and O–H groups in total. The zero-order chi connectivity index (χ0) is 16.9. The van der Waals surface area contributed by atoms with Crippen LogP contribution in [0.15, 0.2) is 36.9 Å². The molecule has 0 aromatic heterocycles. The van der Waals surface area contributed by atoms with Crippen molar-refractivity contribution in [3.8, 4) is 5.75 Å². The van der Waals surface area contributed by atoms with E-state index < -0.39 is 5.97 Å². The number of benzene rings is 1. The third-order valence-corrected chi connectivity index (χ3v) is 3.27. The van der Waals surface area contributed by atoms with Gasteiger partial charge in [-0.25, -0.2) is 4.79 Å². The first kappa shape index (κ1) is 18.7. The van der Waals surface area contributed by atoms with Crippen molar-refractivity contribution in [2.24, 2.45) is 0 Å². The number of unbranched alkanes of at least 4 members (excludes halogenated alkanes) is 3. The minimum Gasteiger partial charge on any atom is -0.494 e. The third kappa shape index (κ3) is 9.34. The van der Waals surface area contributed by atoms with Crippen LogP contribution in [-0.2, 0) is 20.7 Å². The minimum atomic E-state index is -0.787. The number of aryl methyl sites for hydroxylation is 1. The summed E-state index contributed by atoms with van der Waals surface area (Å²) in [6.07, 6.45) is 5.63. The topological polar surface area (TPSA) is 72.8 Å². The Balaban J connectivity index is 2.06. The molecule has 0 radical (unpaired) electrons. The van der Waals surface area contributed by atoms with Gasteiger partial charge < -0.3 is 14.6 Å². The summed E-state index contributed by atoms with van der Waals surface area (Å²) in [5, 5.41) is 8.64. The molecule has 5 nitrogen and oxygen atoms in total. The molecule has 0 unspecified atom stereocenters. The molecular formula is C18H24O5. The summed E-state index contributed by atoms with van der Waals surface area (Å²) < 4.78 is 10.5. The van der Waals surface area contributed by atoms with E-state index in [4.69, 9.17) is 14.6 Å². The molecule has 0 amide bonds. The van der Waals surface area contributed by atoms with Gasteiger partial charge in [-0.15, -0.1) is 0 Å². The Labute approximate surface area is 136 Å². The van der Waals surface area contributed by atoms with Gasteiger partial charge in [-0.1, -0.05) is 18.7 Å². The summed E-state index contributed by atoms with van der Waals surface area (Å²) in [6, 6.07) is 7.52. The predicted octanol–water partition coefficient (Wildman–Crippen LogP) is 3.37. The SMILES string of the molecule is C=CC(=O)OCCCCCCOc1ccc(CCC(=O)O)cc1. The fraction of sp³-hybridized carbons (Fsp3) is 0.444. The van der Waals surface area contributed by atoms with E-state index in [2.05, 4.69) is 6.58 Å². The lowest BCUT2D eigenvalue weighted by atomic mass is 10.1. The number of aliphatic carboxylic acids is 1. The molecule has 0 aliphatic carbocycles. The second-order valence-electron chi connectivity index (χ2n) is 5.17. The van der Waals surface area contributed by atoms with Crippen molar-refractivity contribution in [1.82, 2.24) is 0 Å². The van der Waals surface area contributed by atoms with Crippen molar-refractivity contribution < 1.29 is 24.2 Å². The summed E-state index contributed by atoms with van der Waals surface area (Å²) in [4.78, 5) is 21.3. The van der Waals surface area contributed by atoms with Crippen LogP contribution in [0.2, 0.25) is 0 Å². The molecule has 1 rings (SSSR count). The van der Waals surface area contributed by atoms with E-state index in [-0.39, 0.29) is 12.4 Å². The van der Waals surface area contributed by atoms with Gasteiger partial charge in [0.25, 0.3) is 0 Å². The van der Waals surface area contributed by atoms with Crippen LogP contribution in [0.3, 0.4) is 0 Å².